The van der Waals surface area contributed by atoms with Gasteiger partial charge in [0, 0.05) is 11.7 Å². The minimum absolute atomic E-state index is 0.165. The fourth-order valence-electron chi connectivity index (χ4n) is 2.90. The first-order valence-corrected chi connectivity index (χ1v) is 7.34. The van der Waals surface area contributed by atoms with E-state index in [-0.39, 0.29) is 11.5 Å². The number of primary amides is 1. The number of anilines is 2. The second kappa shape index (κ2) is 5.52. The van der Waals surface area contributed by atoms with E-state index in [0.29, 0.717) is 22.0 Å². The molecule has 1 fully saturated rings. The summed E-state index contributed by atoms with van der Waals surface area (Å²) in [4.78, 5) is 11.6. The predicted octanol–water partition coefficient (Wildman–Crippen LogP) is 3.40. The van der Waals surface area contributed by atoms with Gasteiger partial charge in [0.15, 0.2) is 0 Å². The van der Waals surface area contributed by atoms with Gasteiger partial charge in [-0.2, -0.15) is 0 Å². The van der Waals surface area contributed by atoms with Crippen LogP contribution in [0.25, 0.3) is 0 Å². The van der Waals surface area contributed by atoms with Crippen molar-refractivity contribution in [2.75, 3.05) is 11.1 Å². The van der Waals surface area contributed by atoms with E-state index in [2.05, 4.69) is 19.2 Å². The summed E-state index contributed by atoms with van der Waals surface area (Å²) in [5.74, 6) is -0.518. The van der Waals surface area contributed by atoms with Gasteiger partial charge in [-0.05, 0) is 30.4 Å². The molecule has 0 bridgehead atoms. The molecule has 0 spiro atoms. The van der Waals surface area contributed by atoms with Crippen LogP contribution in [0.5, 0.6) is 0 Å². The Kier molecular flexibility index (Phi) is 4.14. The summed E-state index contributed by atoms with van der Waals surface area (Å²) in [6, 6.07) is 3.49. The number of benzene rings is 1. The summed E-state index contributed by atoms with van der Waals surface area (Å²) in [7, 11) is 0. The van der Waals surface area contributed by atoms with Crippen molar-refractivity contribution in [3.8, 4) is 0 Å². The third-order valence-corrected chi connectivity index (χ3v) is 4.50. The van der Waals surface area contributed by atoms with E-state index < -0.39 is 5.91 Å². The minimum atomic E-state index is -0.518. The fourth-order valence-corrected chi connectivity index (χ4v) is 3.19. The van der Waals surface area contributed by atoms with Crippen LogP contribution in [0, 0.1) is 5.41 Å². The average molecular weight is 296 g/mol. The second-order valence-corrected chi connectivity index (χ2v) is 6.63. The zero-order valence-electron chi connectivity index (χ0n) is 12.0. The van der Waals surface area contributed by atoms with E-state index in [4.69, 9.17) is 23.1 Å². The Hall–Kier alpha value is -1.42. The maximum atomic E-state index is 11.6. The Morgan fingerprint density at radius 3 is 2.70 bits per heavy atom. The van der Waals surface area contributed by atoms with Crippen molar-refractivity contribution in [3.63, 3.8) is 0 Å². The van der Waals surface area contributed by atoms with E-state index >= 15 is 0 Å². The molecular formula is C15H22ClN3O. The molecule has 4 nitrogen and oxygen atoms in total. The Morgan fingerprint density at radius 1 is 1.40 bits per heavy atom. The summed E-state index contributed by atoms with van der Waals surface area (Å²) in [6.07, 6.45) is 4.64. The lowest BCUT2D eigenvalue weighted by atomic mass is 9.73. The zero-order chi connectivity index (χ0) is 14.9. The van der Waals surface area contributed by atoms with Gasteiger partial charge in [0.05, 0.1) is 16.3 Å². The first kappa shape index (κ1) is 15.0. The number of rotatable bonds is 3. The van der Waals surface area contributed by atoms with Crippen molar-refractivity contribution in [1.29, 1.82) is 0 Å². The Balaban J connectivity index is 2.35. The molecule has 1 aromatic rings. The van der Waals surface area contributed by atoms with Crippen LogP contribution in [0.4, 0.5) is 11.4 Å². The monoisotopic (exact) mass is 295 g/mol. The number of nitrogens with two attached hydrogens (primary N) is 2. The molecule has 20 heavy (non-hydrogen) atoms. The minimum Gasteiger partial charge on any atom is -0.399 e. The molecule has 1 saturated carbocycles. The number of nitrogens with one attached hydrogen (secondary N) is 1. The van der Waals surface area contributed by atoms with Crippen molar-refractivity contribution in [1.82, 2.24) is 0 Å². The van der Waals surface area contributed by atoms with Crippen LogP contribution < -0.4 is 16.8 Å². The number of nitrogen functional groups attached to an aromatic ring is 1. The highest BCUT2D eigenvalue weighted by Crippen LogP contribution is 2.39. The number of halogens is 1. The lowest BCUT2D eigenvalue weighted by Gasteiger charge is -2.40. The van der Waals surface area contributed by atoms with Crippen molar-refractivity contribution in [2.45, 2.75) is 45.6 Å². The Labute approximate surface area is 124 Å². The molecule has 1 atom stereocenters. The molecule has 1 amide bonds. The molecule has 1 unspecified atom stereocenters. The molecule has 0 aliphatic heterocycles. The average Bonchev–Trinajstić information content (AvgIpc) is 2.33. The summed E-state index contributed by atoms with van der Waals surface area (Å²) >= 11 is 6.24. The SMILES string of the molecule is CC1(C)CCCCC1Nc1c(Cl)cc(N)cc1C(N)=O. The third-order valence-electron chi connectivity index (χ3n) is 4.20. The summed E-state index contributed by atoms with van der Waals surface area (Å²) in [6.45, 7) is 4.47. The zero-order valence-corrected chi connectivity index (χ0v) is 12.8. The van der Waals surface area contributed by atoms with Crippen molar-refractivity contribution in [2.24, 2.45) is 11.1 Å². The fraction of sp³-hybridized carbons (Fsp3) is 0.533. The van der Waals surface area contributed by atoms with E-state index in [0.717, 1.165) is 12.8 Å². The van der Waals surface area contributed by atoms with Gasteiger partial charge in [0.25, 0.3) is 5.91 Å². The van der Waals surface area contributed by atoms with Crippen LogP contribution in [-0.4, -0.2) is 11.9 Å². The first-order valence-electron chi connectivity index (χ1n) is 6.96. The summed E-state index contributed by atoms with van der Waals surface area (Å²) in [5.41, 5.74) is 12.7. The Morgan fingerprint density at radius 2 is 2.10 bits per heavy atom. The molecule has 1 aliphatic carbocycles. The molecular weight excluding hydrogens is 274 g/mol. The number of amides is 1. The van der Waals surface area contributed by atoms with Crippen LogP contribution in [0.3, 0.4) is 0 Å². The van der Waals surface area contributed by atoms with Gasteiger partial charge in [-0.25, -0.2) is 0 Å². The van der Waals surface area contributed by atoms with Crippen molar-refractivity contribution >= 4 is 28.9 Å². The van der Waals surface area contributed by atoms with E-state index in [1.165, 1.54) is 12.8 Å². The van der Waals surface area contributed by atoms with Gasteiger partial charge < -0.3 is 16.8 Å². The maximum Gasteiger partial charge on any atom is 0.250 e. The van der Waals surface area contributed by atoms with Gasteiger partial charge in [-0.15, -0.1) is 0 Å². The maximum absolute atomic E-state index is 11.6. The molecule has 0 heterocycles. The number of carbonyl (C=O) groups is 1. The van der Waals surface area contributed by atoms with Crippen LogP contribution in [-0.2, 0) is 0 Å². The molecule has 1 aliphatic rings. The quantitative estimate of drug-likeness (QED) is 0.748. The van der Waals surface area contributed by atoms with Crippen molar-refractivity contribution in [3.05, 3.63) is 22.7 Å². The highest BCUT2D eigenvalue weighted by molar-refractivity contribution is 6.34. The van der Waals surface area contributed by atoms with Crippen LogP contribution >= 0.6 is 11.6 Å². The van der Waals surface area contributed by atoms with Crippen LogP contribution in [0.15, 0.2) is 12.1 Å². The lowest BCUT2D eigenvalue weighted by Crippen LogP contribution is -2.39. The van der Waals surface area contributed by atoms with Gasteiger partial charge in [-0.1, -0.05) is 38.3 Å². The summed E-state index contributed by atoms with van der Waals surface area (Å²) < 4.78 is 0. The van der Waals surface area contributed by atoms with E-state index in [9.17, 15) is 4.79 Å². The molecule has 5 N–H and O–H groups in total. The molecule has 1 aromatic carbocycles. The van der Waals surface area contributed by atoms with Gasteiger partial charge in [0.2, 0.25) is 0 Å². The molecule has 5 heteroatoms. The smallest absolute Gasteiger partial charge is 0.250 e. The highest BCUT2D eigenvalue weighted by atomic mass is 35.5. The largest absolute Gasteiger partial charge is 0.399 e. The lowest BCUT2D eigenvalue weighted by molar-refractivity contribution is 0.100. The first-order chi connectivity index (χ1) is 9.31. The van der Waals surface area contributed by atoms with Crippen molar-refractivity contribution < 1.29 is 4.79 Å². The Bertz CT molecular complexity index is 528. The van der Waals surface area contributed by atoms with E-state index in [1.807, 2.05) is 0 Å². The standard InChI is InChI=1S/C15H22ClN3O/c1-15(2)6-4-3-5-12(15)19-13-10(14(18)20)7-9(17)8-11(13)16/h7-8,12,19H,3-6,17H2,1-2H3,(H2,18,20). The molecule has 2 rings (SSSR count). The van der Waals surface area contributed by atoms with E-state index in [1.54, 1.807) is 12.1 Å². The van der Waals surface area contributed by atoms with Gasteiger partial charge in [0.1, 0.15) is 0 Å². The second-order valence-electron chi connectivity index (χ2n) is 6.22. The number of carbonyl (C=O) groups excluding carboxylic acids is 1. The van der Waals surface area contributed by atoms with Crippen LogP contribution in [0.1, 0.15) is 49.9 Å². The molecule has 110 valence electrons. The molecule has 0 saturated heterocycles. The highest BCUT2D eigenvalue weighted by Gasteiger charge is 2.33. The van der Waals surface area contributed by atoms with Crippen LogP contribution in [0.2, 0.25) is 5.02 Å². The topological polar surface area (TPSA) is 81.1 Å². The van der Waals surface area contributed by atoms with Gasteiger partial charge >= 0.3 is 0 Å². The third kappa shape index (κ3) is 3.01. The number of hydrogen-bond acceptors (Lipinski definition) is 3. The predicted molar refractivity (Wildman–Crippen MR) is 84.0 cm³/mol. The van der Waals surface area contributed by atoms with Gasteiger partial charge in [-0.3, -0.25) is 4.79 Å². The number of hydrogen-bond donors (Lipinski definition) is 3. The normalized spacial score (nSPS) is 21.4. The molecule has 0 aromatic heterocycles. The summed E-state index contributed by atoms with van der Waals surface area (Å²) in [5, 5.41) is 3.87. The molecule has 0 radical (unpaired) electrons.